The van der Waals surface area contributed by atoms with Gasteiger partial charge in [-0.1, -0.05) is 5.21 Å². The molecule has 0 saturated carbocycles. The van der Waals surface area contributed by atoms with Gasteiger partial charge in [-0.25, -0.2) is 0 Å². The van der Waals surface area contributed by atoms with Crippen LogP contribution in [0.5, 0.6) is 0 Å². The van der Waals surface area contributed by atoms with Gasteiger partial charge in [-0.2, -0.15) is 0 Å². The predicted molar refractivity (Wildman–Crippen MR) is 33.8 cm³/mol. The van der Waals surface area contributed by atoms with Crippen LogP contribution in [0.15, 0.2) is 6.20 Å². The molecule has 0 bridgehead atoms. The van der Waals surface area contributed by atoms with Crippen molar-refractivity contribution in [3.63, 3.8) is 0 Å². The van der Waals surface area contributed by atoms with Crippen molar-refractivity contribution < 1.29 is 12.9 Å². The maximum absolute atomic E-state index is 11.8. The van der Waals surface area contributed by atoms with Crippen LogP contribution < -0.4 is 0 Å². The Morgan fingerprint density at radius 3 is 2.55 bits per heavy atom. The van der Waals surface area contributed by atoms with Gasteiger partial charge in [-0.15, -0.1) is 5.10 Å². The molecule has 0 aliphatic carbocycles. The molecule has 0 spiro atoms. The Morgan fingerprint density at radius 1 is 1.55 bits per heavy atom. The molecule has 62 valence electrons. The van der Waals surface area contributed by atoms with E-state index in [1.807, 2.05) is 0 Å². The lowest BCUT2D eigenvalue weighted by Gasteiger charge is -2.13. The van der Waals surface area contributed by atoms with Gasteiger partial charge in [0.15, 0.2) is 0 Å². The predicted octanol–water partition coefficient (Wildman–Crippen LogP) is 0.973. The summed E-state index contributed by atoms with van der Waals surface area (Å²) in [5, 5.41) is 6.59. The second-order valence-electron chi connectivity index (χ2n) is 2.27. The lowest BCUT2D eigenvalue weighted by atomic mass is 9.92. The molecule has 0 aliphatic rings. The number of hydrogen-bond donors (Lipinski definition) is 0. The van der Waals surface area contributed by atoms with Crippen molar-refractivity contribution in [2.24, 2.45) is 0 Å². The van der Waals surface area contributed by atoms with Crippen LogP contribution in [-0.2, 0) is 6.44 Å². The summed E-state index contributed by atoms with van der Waals surface area (Å²) >= 11 is 0. The van der Waals surface area contributed by atoms with E-state index < -0.39 is 13.4 Å². The van der Waals surface area contributed by atoms with Crippen LogP contribution in [0.3, 0.4) is 0 Å². The second-order valence-corrected chi connectivity index (χ2v) is 2.27. The Bertz CT molecular complexity index is 243. The molecule has 0 fully saturated rings. The van der Waals surface area contributed by atoms with Crippen molar-refractivity contribution in [1.29, 1.82) is 0 Å². The fourth-order valence-corrected chi connectivity index (χ4v) is 0.685. The van der Waals surface area contributed by atoms with Gasteiger partial charge in [0.25, 0.3) is 0 Å². The molecular weight excluding hydrogens is 158 g/mol. The Labute approximate surface area is 61.3 Å². The van der Waals surface area contributed by atoms with E-state index in [9.17, 15) is 12.9 Å². The van der Waals surface area contributed by atoms with Crippen LogP contribution in [0, 0.1) is 6.92 Å². The summed E-state index contributed by atoms with van der Waals surface area (Å²) in [6.45, 7) is -3.28. The Balaban J connectivity index is 2.72. The van der Waals surface area contributed by atoms with Gasteiger partial charge in [0.05, 0.1) is 11.9 Å². The van der Waals surface area contributed by atoms with Crippen LogP contribution in [0.1, 0.15) is 5.69 Å². The number of aryl methyl sites for hydroxylation is 1. The van der Waals surface area contributed by atoms with Crippen LogP contribution in [0.25, 0.3) is 0 Å². The lowest BCUT2D eigenvalue weighted by molar-refractivity contribution is 0.430. The minimum absolute atomic E-state index is 0.421. The van der Waals surface area contributed by atoms with Crippen molar-refractivity contribution in [2.45, 2.75) is 13.4 Å². The Hall–Kier alpha value is -1.01. The lowest BCUT2D eigenvalue weighted by Crippen LogP contribution is -2.25. The third-order valence-electron chi connectivity index (χ3n) is 1.19. The quantitative estimate of drug-likeness (QED) is 0.609. The molecule has 0 unspecified atom stereocenters. The average molecular weight is 164 g/mol. The van der Waals surface area contributed by atoms with Gasteiger partial charge < -0.3 is 12.9 Å². The Morgan fingerprint density at radius 2 is 2.18 bits per heavy atom. The molecule has 7 heteroatoms. The van der Waals surface area contributed by atoms with Crippen LogP contribution in [0.2, 0.25) is 0 Å². The maximum Gasteiger partial charge on any atom is 0.499 e. The van der Waals surface area contributed by atoms with E-state index >= 15 is 0 Å². The summed E-state index contributed by atoms with van der Waals surface area (Å²) in [6, 6.07) is 0. The minimum atomic E-state index is -4.81. The van der Waals surface area contributed by atoms with Crippen LogP contribution in [-0.4, -0.2) is 22.0 Å². The molecule has 0 aromatic carbocycles. The summed E-state index contributed by atoms with van der Waals surface area (Å²) < 4.78 is 36.2. The zero-order chi connectivity index (χ0) is 8.48. The van der Waals surface area contributed by atoms with E-state index in [4.69, 9.17) is 0 Å². The molecule has 0 aliphatic heterocycles. The van der Waals surface area contributed by atoms with Gasteiger partial charge in [-0.05, 0) is 6.92 Å². The van der Waals surface area contributed by atoms with Crippen molar-refractivity contribution in [3.8, 4) is 0 Å². The van der Waals surface area contributed by atoms with Crippen molar-refractivity contribution in [2.75, 3.05) is 0 Å². The molecule has 11 heavy (non-hydrogen) atoms. The minimum Gasteiger partial charge on any atom is -0.448 e. The molecule has 0 atom stereocenters. The number of hydrogen-bond acceptors (Lipinski definition) is 2. The van der Waals surface area contributed by atoms with E-state index in [0.29, 0.717) is 5.69 Å². The van der Waals surface area contributed by atoms with E-state index in [-0.39, 0.29) is 0 Å². The number of halogens is 3. The second kappa shape index (κ2) is 2.56. The molecule has 0 saturated heterocycles. The smallest absolute Gasteiger partial charge is 0.448 e. The van der Waals surface area contributed by atoms with Gasteiger partial charge in [0, 0.05) is 6.44 Å². The van der Waals surface area contributed by atoms with Gasteiger partial charge in [-0.3, -0.25) is 4.68 Å². The summed E-state index contributed by atoms with van der Waals surface area (Å²) in [6.07, 6.45) is 0.285. The van der Waals surface area contributed by atoms with E-state index in [2.05, 4.69) is 10.3 Å². The van der Waals surface area contributed by atoms with Crippen LogP contribution >= 0.6 is 0 Å². The van der Waals surface area contributed by atoms with E-state index in [0.717, 1.165) is 4.68 Å². The largest absolute Gasteiger partial charge is 0.499 e. The summed E-state index contributed by atoms with van der Waals surface area (Å²) in [5.74, 6) is 0. The van der Waals surface area contributed by atoms with E-state index in [1.54, 1.807) is 0 Å². The first-order chi connectivity index (χ1) is 4.99. The fourth-order valence-electron chi connectivity index (χ4n) is 0.685. The first-order valence-corrected chi connectivity index (χ1v) is 3.05. The molecule has 1 aromatic heterocycles. The maximum atomic E-state index is 11.8. The molecule has 0 amide bonds. The zero-order valence-corrected chi connectivity index (χ0v) is 5.84. The van der Waals surface area contributed by atoms with Crippen molar-refractivity contribution >= 4 is 6.98 Å². The molecule has 3 nitrogen and oxygen atoms in total. The highest BCUT2D eigenvalue weighted by Gasteiger charge is 2.24. The summed E-state index contributed by atoms with van der Waals surface area (Å²) in [7, 11) is 0. The average Bonchev–Trinajstić information content (AvgIpc) is 2.12. The topological polar surface area (TPSA) is 30.7 Å². The van der Waals surface area contributed by atoms with Crippen molar-refractivity contribution in [3.05, 3.63) is 11.9 Å². The third kappa shape index (κ3) is 2.25. The van der Waals surface area contributed by atoms with Crippen LogP contribution in [0.4, 0.5) is 12.9 Å². The number of rotatable bonds is 2. The summed E-state index contributed by atoms with van der Waals surface area (Å²) in [5.41, 5.74) is 0.421. The van der Waals surface area contributed by atoms with Crippen molar-refractivity contribution in [1.82, 2.24) is 15.0 Å². The van der Waals surface area contributed by atoms with E-state index in [1.165, 1.54) is 13.1 Å². The first kappa shape index (κ1) is 8.09. The standard InChI is InChI=1S/C4H6BF3N3/c1-4-2-9-10-11(4)3-5(6,7)8/h2H,3H2,1H3/q-1. The SMILES string of the molecule is Cc1cnnn1C[B-](F)(F)F. The number of nitrogens with zero attached hydrogens (tertiary/aromatic N) is 3. The summed E-state index contributed by atoms with van der Waals surface area (Å²) in [4.78, 5) is 0. The van der Waals surface area contributed by atoms with Gasteiger partial charge >= 0.3 is 6.98 Å². The zero-order valence-electron chi connectivity index (χ0n) is 5.84. The monoisotopic (exact) mass is 164 g/mol. The molecule has 0 N–H and O–H groups in total. The molecule has 0 radical (unpaired) electrons. The van der Waals surface area contributed by atoms with Gasteiger partial charge in [0.2, 0.25) is 0 Å². The third-order valence-corrected chi connectivity index (χ3v) is 1.19. The fraction of sp³-hybridized carbons (Fsp3) is 0.500. The molecular formula is C4H6BF3N3-. The molecule has 1 aromatic rings. The highest BCUT2D eigenvalue weighted by Crippen LogP contribution is 2.11. The molecule has 1 rings (SSSR count). The van der Waals surface area contributed by atoms with Gasteiger partial charge in [0.1, 0.15) is 0 Å². The Kier molecular flexibility index (Phi) is 1.88. The number of aromatic nitrogens is 3. The highest BCUT2D eigenvalue weighted by molar-refractivity contribution is 6.57. The first-order valence-electron chi connectivity index (χ1n) is 3.05. The highest BCUT2D eigenvalue weighted by atomic mass is 19.4. The molecule has 1 heterocycles. The normalized spacial score (nSPS) is 12.0.